The number of amides is 1. The number of rotatable bonds is 5. The number of phenolic OH excluding ortho intramolecular Hbond substituents is 1. The molecule has 3 N–H and O–H groups in total. The van der Waals surface area contributed by atoms with Crippen LogP contribution >= 0.6 is 0 Å². The molecule has 0 fully saturated rings. The molecular weight excluding hydrogens is 380 g/mol. The van der Waals surface area contributed by atoms with E-state index in [1.807, 2.05) is 42.3 Å². The summed E-state index contributed by atoms with van der Waals surface area (Å²) in [5.41, 5.74) is 5.34. The maximum atomic E-state index is 13.2. The molecule has 2 aromatic carbocycles. The smallest absolute Gasteiger partial charge is 0.275 e. The lowest BCUT2D eigenvalue weighted by atomic mass is 9.98. The number of hydrogen-bond donors (Lipinski definition) is 3. The van der Waals surface area contributed by atoms with Crippen LogP contribution < -0.4 is 4.74 Å². The summed E-state index contributed by atoms with van der Waals surface area (Å²) in [4.78, 5) is 18.3. The molecule has 0 bridgehead atoms. The van der Waals surface area contributed by atoms with Crippen molar-refractivity contribution in [1.82, 2.24) is 20.1 Å². The zero-order valence-electron chi connectivity index (χ0n) is 16.8. The normalized spacial score (nSPS) is 15.7. The van der Waals surface area contributed by atoms with Crippen molar-refractivity contribution < 1.29 is 14.6 Å². The van der Waals surface area contributed by atoms with Gasteiger partial charge in [-0.2, -0.15) is 5.10 Å². The lowest BCUT2D eigenvalue weighted by Crippen LogP contribution is -2.31. The summed E-state index contributed by atoms with van der Waals surface area (Å²) < 4.78 is 5.29. The molecular formula is C23H22N4O3. The molecule has 0 saturated carbocycles. The average molecular weight is 402 g/mol. The Bertz CT molecular complexity index is 1260. The second-order valence-corrected chi connectivity index (χ2v) is 7.55. The largest absolute Gasteiger partial charge is 0.504 e. The number of nitrogens with one attached hydrogen (secondary N) is 2. The molecule has 0 unspecified atom stereocenters. The Labute approximate surface area is 173 Å². The minimum atomic E-state index is -0.286. The van der Waals surface area contributed by atoms with Crippen LogP contribution in [0.1, 0.15) is 38.9 Å². The monoisotopic (exact) mass is 402 g/mol. The second-order valence-electron chi connectivity index (χ2n) is 7.55. The van der Waals surface area contributed by atoms with Gasteiger partial charge in [-0.3, -0.25) is 9.89 Å². The SMILES string of the molecule is COc1cc([C@H]2c3c(n[nH]c3C)C(=O)N2CCc2c[nH]c3ccccc23)ccc1O. The molecule has 1 atom stereocenters. The topological polar surface area (TPSA) is 94.2 Å². The van der Waals surface area contributed by atoms with E-state index in [2.05, 4.69) is 21.2 Å². The molecule has 2 aromatic heterocycles. The Hall–Kier alpha value is -3.74. The van der Waals surface area contributed by atoms with Crippen LogP contribution in [0.25, 0.3) is 10.9 Å². The predicted molar refractivity (Wildman–Crippen MR) is 113 cm³/mol. The average Bonchev–Trinajstić information content (AvgIpc) is 3.42. The van der Waals surface area contributed by atoms with Crippen molar-refractivity contribution in [3.05, 3.63) is 76.7 Å². The van der Waals surface area contributed by atoms with Gasteiger partial charge in [-0.15, -0.1) is 0 Å². The molecule has 5 rings (SSSR count). The molecule has 30 heavy (non-hydrogen) atoms. The standard InChI is InChI=1S/C23H22N4O3/c1-13-20-21(26-25-13)23(29)27(22(20)14-7-8-18(28)19(11-14)30-2)10-9-15-12-24-17-6-4-3-5-16(15)17/h3-8,11-12,22,24,28H,9-10H2,1-2H3,(H,25,26)/t22-/m0/s1. The van der Waals surface area contributed by atoms with Crippen LogP contribution in [0.15, 0.2) is 48.7 Å². The van der Waals surface area contributed by atoms with Gasteiger partial charge in [0.05, 0.1) is 13.2 Å². The second kappa shape index (κ2) is 6.95. The van der Waals surface area contributed by atoms with Crippen LogP contribution in [0.5, 0.6) is 11.5 Å². The number of para-hydroxylation sites is 1. The number of phenols is 1. The van der Waals surface area contributed by atoms with Gasteiger partial charge in [0.15, 0.2) is 17.2 Å². The highest BCUT2D eigenvalue weighted by Crippen LogP contribution is 2.41. The van der Waals surface area contributed by atoms with Gasteiger partial charge in [0, 0.05) is 34.9 Å². The van der Waals surface area contributed by atoms with Crippen LogP contribution in [0.2, 0.25) is 0 Å². The fraction of sp³-hybridized carbons (Fsp3) is 0.217. The van der Waals surface area contributed by atoms with Crippen molar-refractivity contribution in [1.29, 1.82) is 0 Å². The molecule has 7 nitrogen and oxygen atoms in total. The molecule has 0 radical (unpaired) electrons. The van der Waals surface area contributed by atoms with Crippen molar-refractivity contribution in [3.63, 3.8) is 0 Å². The Balaban J connectivity index is 1.52. The van der Waals surface area contributed by atoms with Gasteiger partial charge in [-0.05, 0) is 42.7 Å². The van der Waals surface area contributed by atoms with E-state index in [0.29, 0.717) is 24.4 Å². The summed E-state index contributed by atoms with van der Waals surface area (Å²) in [6, 6.07) is 13.1. The summed E-state index contributed by atoms with van der Waals surface area (Å²) >= 11 is 0. The third kappa shape index (κ3) is 2.74. The first-order chi connectivity index (χ1) is 14.6. The van der Waals surface area contributed by atoms with Crippen molar-refractivity contribution in [2.24, 2.45) is 0 Å². The highest BCUT2D eigenvalue weighted by atomic mass is 16.5. The first-order valence-corrected chi connectivity index (χ1v) is 9.86. The number of hydrogen-bond acceptors (Lipinski definition) is 4. The third-order valence-electron chi connectivity index (χ3n) is 5.86. The number of ether oxygens (including phenoxy) is 1. The number of carbonyl (C=O) groups is 1. The number of H-pyrrole nitrogens is 2. The predicted octanol–water partition coefficient (Wildman–Crippen LogP) is 3.70. The Morgan fingerprint density at radius 2 is 2.07 bits per heavy atom. The summed E-state index contributed by atoms with van der Waals surface area (Å²) in [5, 5.41) is 18.4. The zero-order chi connectivity index (χ0) is 20.8. The summed E-state index contributed by atoms with van der Waals surface area (Å²) in [5.74, 6) is 0.359. The summed E-state index contributed by atoms with van der Waals surface area (Å²) in [6.07, 6.45) is 2.72. The first kappa shape index (κ1) is 18.3. The van der Waals surface area contributed by atoms with E-state index in [4.69, 9.17) is 4.74 Å². The maximum absolute atomic E-state index is 13.2. The van der Waals surface area contributed by atoms with E-state index in [-0.39, 0.29) is 17.7 Å². The van der Waals surface area contributed by atoms with Crippen molar-refractivity contribution >= 4 is 16.8 Å². The number of carbonyl (C=O) groups excluding carboxylic acids is 1. The van der Waals surface area contributed by atoms with Crippen LogP contribution in [0, 0.1) is 6.92 Å². The van der Waals surface area contributed by atoms with E-state index in [1.54, 1.807) is 12.1 Å². The Morgan fingerprint density at radius 3 is 2.90 bits per heavy atom. The highest BCUT2D eigenvalue weighted by molar-refractivity contribution is 5.98. The van der Waals surface area contributed by atoms with Crippen LogP contribution in [-0.2, 0) is 6.42 Å². The van der Waals surface area contributed by atoms with E-state index >= 15 is 0 Å². The minimum absolute atomic E-state index is 0.0695. The van der Waals surface area contributed by atoms with Gasteiger partial charge in [-0.1, -0.05) is 24.3 Å². The van der Waals surface area contributed by atoms with E-state index in [9.17, 15) is 9.90 Å². The molecule has 0 spiro atoms. The Kier molecular flexibility index (Phi) is 4.24. The summed E-state index contributed by atoms with van der Waals surface area (Å²) in [6.45, 7) is 2.47. The molecule has 0 aliphatic carbocycles. The van der Waals surface area contributed by atoms with Gasteiger partial charge in [-0.25, -0.2) is 0 Å². The van der Waals surface area contributed by atoms with Gasteiger partial charge in [0.1, 0.15) is 0 Å². The zero-order valence-corrected chi connectivity index (χ0v) is 16.8. The van der Waals surface area contributed by atoms with Crippen molar-refractivity contribution in [2.75, 3.05) is 13.7 Å². The molecule has 3 heterocycles. The van der Waals surface area contributed by atoms with Crippen molar-refractivity contribution in [3.8, 4) is 11.5 Å². The fourth-order valence-electron chi connectivity index (χ4n) is 4.37. The lowest BCUT2D eigenvalue weighted by molar-refractivity contribution is 0.0745. The number of aryl methyl sites for hydroxylation is 1. The van der Waals surface area contributed by atoms with Crippen LogP contribution in [-0.4, -0.2) is 44.7 Å². The number of methoxy groups -OCH3 is 1. The highest BCUT2D eigenvalue weighted by Gasteiger charge is 2.41. The fourth-order valence-corrected chi connectivity index (χ4v) is 4.37. The number of benzene rings is 2. The molecule has 152 valence electrons. The maximum Gasteiger partial charge on any atom is 0.275 e. The number of nitrogens with zero attached hydrogens (tertiary/aromatic N) is 2. The number of aromatic nitrogens is 3. The number of aromatic hydroxyl groups is 1. The number of aromatic amines is 2. The summed E-state index contributed by atoms with van der Waals surface area (Å²) in [7, 11) is 1.52. The molecule has 1 aliphatic heterocycles. The molecule has 1 aliphatic rings. The molecule has 7 heteroatoms. The Morgan fingerprint density at radius 1 is 1.23 bits per heavy atom. The molecule has 4 aromatic rings. The first-order valence-electron chi connectivity index (χ1n) is 9.86. The molecule has 0 saturated heterocycles. The quantitative estimate of drug-likeness (QED) is 0.474. The van der Waals surface area contributed by atoms with Gasteiger partial charge < -0.3 is 19.7 Å². The lowest BCUT2D eigenvalue weighted by Gasteiger charge is -2.26. The minimum Gasteiger partial charge on any atom is -0.504 e. The number of fused-ring (bicyclic) bond motifs is 2. The van der Waals surface area contributed by atoms with Crippen LogP contribution in [0.3, 0.4) is 0 Å². The van der Waals surface area contributed by atoms with E-state index < -0.39 is 0 Å². The van der Waals surface area contributed by atoms with E-state index in [0.717, 1.165) is 22.3 Å². The van der Waals surface area contributed by atoms with Crippen LogP contribution in [0.4, 0.5) is 0 Å². The van der Waals surface area contributed by atoms with Crippen molar-refractivity contribution in [2.45, 2.75) is 19.4 Å². The molecule has 1 amide bonds. The van der Waals surface area contributed by atoms with Gasteiger partial charge in [0.25, 0.3) is 5.91 Å². The third-order valence-corrected chi connectivity index (χ3v) is 5.86. The van der Waals surface area contributed by atoms with E-state index in [1.165, 1.54) is 18.1 Å². The van der Waals surface area contributed by atoms with Gasteiger partial charge in [0.2, 0.25) is 0 Å². The van der Waals surface area contributed by atoms with Gasteiger partial charge >= 0.3 is 0 Å².